The Balaban J connectivity index is 2.12. The molecule has 164 valence electrons. The van der Waals surface area contributed by atoms with E-state index in [0.717, 1.165) is 24.7 Å². The van der Waals surface area contributed by atoms with Crippen LogP contribution in [0.5, 0.6) is 11.5 Å². The van der Waals surface area contributed by atoms with Crippen LogP contribution in [0.4, 0.5) is 5.69 Å². The number of sulfonamides is 1. The van der Waals surface area contributed by atoms with E-state index in [9.17, 15) is 13.2 Å². The molecule has 0 radical (unpaired) electrons. The third kappa shape index (κ3) is 7.42. The number of benzene rings is 2. The fourth-order valence-corrected chi connectivity index (χ4v) is 3.48. The molecule has 0 heterocycles. The second-order valence-electron chi connectivity index (χ2n) is 6.68. The molecule has 0 aliphatic carbocycles. The maximum atomic E-state index is 12.6. The second kappa shape index (κ2) is 11.1. The number of hydrogen-bond acceptors (Lipinski definition) is 5. The fourth-order valence-electron chi connectivity index (χ4n) is 2.66. The minimum absolute atomic E-state index is 0.217. The summed E-state index contributed by atoms with van der Waals surface area (Å²) in [6.45, 7) is 5.04. The Morgan fingerprint density at radius 1 is 1.13 bits per heavy atom. The molecule has 2 aromatic carbocycles. The maximum absolute atomic E-state index is 12.6. The molecule has 7 nitrogen and oxygen atoms in total. The number of carbonyl (C=O) groups excluding carboxylic acids is 1. The highest BCUT2D eigenvalue weighted by Crippen LogP contribution is 2.37. The summed E-state index contributed by atoms with van der Waals surface area (Å²) in [4.78, 5) is 12.6. The lowest BCUT2D eigenvalue weighted by molar-refractivity contribution is 0.0950. The van der Waals surface area contributed by atoms with Crippen LogP contribution >= 0.6 is 11.6 Å². The van der Waals surface area contributed by atoms with Crippen LogP contribution < -0.4 is 19.5 Å². The first-order valence-corrected chi connectivity index (χ1v) is 11.9. The normalized spacial score (nSPS) is 11.1. The van der Waals surface area contributed by atoms with Gasteiger partial charge in [0.25, 0.3) is 5.91 Å². The Morgan fingerprint density at radius 3 is 2.57 bits per heavy atom. The zero-order valence-electron chi connectivity index (χ0n) is 17.3. The molecule has 2 N–H and O–H groups in total. The summed E-state index contributed by atoms with van der Waals surface area (Å²) in [6, 6.07) is 9.94. The van der Waals surface area contributed by atoms with Crippen molar-refractivity contribution in [1.82, 2.24) is 5.32 Å². The first-order chi connectivity index (χ1) is 14.2. The number of nitrogens with one attached hydrogen (secondary N) is 2. The predicted molar refractivity (Wildman–Crippen MR) is 119 cm³/mol. The van der Waals surface area contributed by atoms with Gasteiger partial charge in [-0.2, -0.15) is 0 Å². The highest BCUT2D eigenvalue weighted by atomic mass is 35.5. The van der Waals surface area contributed by atoms with Crippen LogP contribution in [0.2, 0.25) is 5.02 Å². The summed E-state index contributed by atoms with van der Waals surface area (Å²) in [7, 11) is -3.37. The Labute approximate surface area is 182 Å². The molecule has 1 amide bonds. The summed E-state index contributed by atoms with van der Waals surface area (Å²) < 4.78 is 36.5. The van der Waals surface area contributed by atoms with Crippen LogP contribution in [-0.2, 0) is 16.6 Å². The van der Waals surface area contributed by atoms with Gasteiger partial charge in [0, 0.05) is 17.8 Å². The second-order valence-corrected chi connectivity index (χ2v) is 8.83. The summed E-state index contributed by atoms with van der Waals surface area (Å²) in [5, 5.41) is 3.11. The van der Waals surface area contributed by atoms with Gasteiger partial charge in [0.05, 0.1) is 24.5 Å². The van der Waals surface area contributed by atoms with Crippen LogP contribution in [0.15, 0.2) is 36.4 Å². The number of halogens is 1. The number of hydrogen-bond donors (Lipinski definition) is 2. The molecule has 0 atom stereocenters. The molecule has 0 spiro atoms. The van der Waals surface area contributed by atoms with E-state index in [1.165, 1.54) is 0 Å². The van der Waals surface area contributed by atoms with E-state index in [4.69, 9.17) is 21.1 Å². The summed E-state index contributed by atoms with van der Waals surface area (Å²) in [5.74, 6) is 0.521. The molecule has 30 heavy (non-hydrogen) atoms. The van der Waals surface area contributed by atoms with E-state index in [0.29, 0.717) is 41.0 Å². The average Bonchev–Trinajstić information content (AvgIpc) is 2.67. The largest absolute Gasteiger partial charge is 0.490 e. The Morgan fingerprint density at radius 2 is 1.90 bits per heavy atom. The van der Waals surface area contributed by atoms with E-state index < -0.39 is 10.0 Å². The quantitative estimate of drug-likeness (QED) is 0.496. The molecule has 0 saturated carbocycles. The van der Waals surface area contributed by atoms with Crippen LogP contribution in [0.3, 0.4) is 0 Å². The molecule has 0 aliphatic rings. The van der Waals surface area contributed by atoms with Crippen molar-refractivity contribution in [3.63, 3.8) is 0 Å². The third-order valence-electron chi connectivity index (χ3n) is 4.00. The monoisotopic (exact) mass is 454 g/mol. The van der Waals surface area contributed by atoms with Crippen molar-refractivity contribution >= 4 is 33.2 Å². The molecule has 2 rings (SSSR count). The third-order valence-corrected chi connectivity index (χ3v) is 4.89. The minimum Gasteiger partial charge on any atom is -0.490 e. The van der Waals surface area contributed by atoms with Gasteiger partial charge in [0.2, 0.25) is 10.0 Å². The first-order valence-electron chi connectivity index (χ1n) is 9.67. The van der Waals surface area contributed by atoms with Gasteiger partial charge in [-0.25, -0.2) is 8.42 Å². The van der Waals surface area contributed by atoms with Gasteiger partial charge in [-0.1, -0.05) is 37.1 Å². The topological polar surface area (TPSA) is 93.7 Å². The first kappa shape index (κ1) is 23.8. The summed E-state index contributed by atoms with van der Waals surface area (Å²) >= 11 is 6.34. The number of rotatable bonds is 11. The molecule has 9 heteroatoms. The molecule has 0 saturated heterocycles. The van der Waals surface area contributed by atoms with Gasteiger partial charge < -0.3 is 14.8 Å². The van der Waals surface area contributed by atoms with E-state index >= 15 is 0 Å². The van der Waals surface area contributed by atoms with Crippen LogP contribution in [-0.4, -0.2) is 33.8 Å². The number of amides is 1. The van der Waals surface area contributed by atoms with Gasteiger partial charge in [-0.15, -0.1) is 0 Å². The average molecular weight is 455 g/mol. The SMILES string of the molecule is CCCCOc1c(Cl)cc(C(=O)NCc2cccc(NS(C)(=O)=O)c2)cc1OCC. The molecule has 0 aromatic heterocycles. The Bertz CT molecular complexity index is 979. The van der Waals surface area contributed by atoms with E-state index in [1.54, 1.807) is 36.4 Å². The number of ether oxygens (including phenoxy) is 2. The molecule has 0 fully saturated rings. The van der Waals surface area contributed by atoms with Crippen molar-refractivity contribution in [1.29, 1.82) is 0 Å². The zero-order chi connectivity index (χ0) is 22.1. The van der Waals surface area contributed by atoms with Crippen molar-refractivity contribution in [2.45, 2.75) is 33.2 Å². The van der Waals surface area contributed by atoms with Gasteiger partial charge >= 0.3 is 0 Å². The Hall–Kier alpha value is -2.45. The van der Waals surface area contributed by atoms with E-state index in [2.05, 4.69) is 17.0 Å². The molecule has 0 aliphatic heterocycles. The lowest BCUT2D eigenvalue weighted by Crippen LogP contribution is -2.23. The van der Waals surface area contributed by atoms with Crippen molar-refractivity contribution in [3.8, 4) is 11.5 Å². The summed E-state index contributed by atoms with van der Waals surface area (Å²) in [6.07, 6.45) is 2.96. The fraction of sp³-hybridized carbons (Fsp3) is 0.381. The maximum Gasteiger partial charge on any atom is 0.251 e. The van der Waals surface area contributed by atoms with E-state index in [1.807, 2.05) is 6.92 Å². The highest BCUT2D eigenvalue weighted by molar-refractivity contribution is 7.92. The van der Waals surface area contributed by atoms with Crippen LogP contribution in [0, 0.1) is 0 Å². The minimum atomic E-state index is -3.37. The van der Waals surface area contributed by atoms with Crippen molar-refractivity contribution in [2.75, 3.05) is 24.2 Å². The van der Waals surface area contributed by atoms with E-state index in [-0.39, 0.29) is 12.5 Å². The van der Waals surface area contributed by atoms with Gasteiger partial charge in [-0.3, -0.25) is 9.52 Å². The van der Waals surface area contributed by atoms with Gasteiger partial charge in [-0.05, 0) is 43.2 Å². The van der Waals surface area contributed by atoms with Crippen molar-refractivity contribution in [3.05, 3.63) is 52.5 Å². The number of carbonyl (C=O) groups is 1. The molecule has 0 bridgehead atoms. The molecule has 0 unspecified atom stereocenters. The predicted octanol–water partition coefficient (Wildman–Crippen LogP) is 4.22. The van der Waals surface area contributed by atoms with Gasteiger partial charge in [0.15, 0.2) is 11.5 Å². The number of unbranched alkanes of at least 4 members (excludes halogenated alkanes) is 1. The standard InChI is InChI=1S/C21H27ClN2O5S/c1-4-6-10-29-20-18(22)12-16(13-19(20)28-5-2)21(25)23-14-15-8-7-9-17(11-15)24-30(3,26)27/h7-9,11-13,24H,4-6,10,14H2,1-3H3,(H,23,25). The molecule has 2 aromatic rings. The van der Waals surface area contributed by atoms with Crippen molar-refractivity contribution < 1.29 is 22.7 Å². The lowest BCUT2D eigenvalue weighted by atomic mass is 10.1. The molecular weight excluding hydrogens is 428 g/mol. The van der Waals surface area contributed by atoms with Crippen LogP contribution in [0.25, 0.3) is 0 Å². The lowest BCUT2D eigenvalue weighted by Gasteiger charge is -2.15. The van der Waals surface area contributed by atoms with Crippen LogP contribution in [0.1, 0.15) is 42.6 Å². The summed E-state index contributed by atoms with van der Waals surface area (Å²) in [5.41, 5.74) is 1.52. The highest BCUT2D eigenvalue weighted by Gasteiger charge is 2.16. The van der Waals surface area contributed by atoms with Gasteiger partial charge in [0.1, 0.15) is 0 Å². The van der Waals surface area contributed by atoms with Crippen molar-refractivity contribution in [2.24, 2.45) is 0 Å². The number of anilines is 1. The zero-order valence-corrected chi connectivity index (χ0v) is 18.9. The Kier molecular flexibility index (Phi) is 8.80. The smallest absolute Gasteiger partial charge is 0.251 e. The molecular formula is C21H27ClN2O5S.